The quantitative estimate of drug-likeness (QED) is 0.475. The van der Waals surface area contributed by atoms with Gasteiger partial charge in [-0.25, -0.2) is 0 Å². The van der Waals surface area contributed by atoms with Gasteiger partial charge < -0.3 is 0 Å². The molecule has 1 heterocycles. The van der Waals surface area contributed by atoms with E-state index in [1.807, 2.05) is 12.3 Å². The van der Waals surface area contributed by atoms with Crippen LogP contribution in [0.2, 0.25) is 0 Å². The molecule has 0 aromatic heterocycles. The molecule has 0 bridgehead atoms. The number of nitrogens with zero attached hydrogens (tertiary/aromatic N) is 1. The fourth-order valence-corrected chi connectivity index (χ4v) is 1.27. The number of dihydropyridines is 1. The zero-order valence-corrected chi connectivity index (χ0v) is 5.64. The molecule has 1 aliphatic carbocycles. The van der Waals surface area contributed by atoms with Gasteiger partial charge in [-0.2, -0.15) is 0 Å². The number of aliphatic imine (C=N–C) groups is 1. The number of hydrogen-bond acceptors (Lipinski definition) is 1. The van der Waals surface area contributed by atoms with E-state index in [9.17, 15) is 0 Å². The van der Waals surface area contributed by atoms with Crippen LogP contribution in [-0.2, 0) is 0 Å². The molecular weight excluding hydrogens is 122 g/mol. The Bertz CT molecular complexity index is 183. The van der Waals surface area contributed by atoms with Gasteiger partial charge >= 0.3 is 0 Å². The average molecular weight is 131 g/mol. The average Bonchev–Trinajstić information content (AvgIpc) is 2.05. The van der Waals surface area contributed by atoms with Crippen LogP contribution < -0.4 is 0 Å². The predicted molar refractivity (Wildman–Crippen MR) is 43.2 cm³/mol. The Morgan fingerprint density at radius 3 is 2.60 bits per heavy atom. The number of hydrogen-bond donors (Lipinski definition) is 0. The number of fused-ring (bicyclic) bond motifs is 1. The van der Waals surface area contributed by atoms with E-state index >= 15 is 0 Å². The van der Waals surface area contributed by atoms with Crippen molar-refractivity contribution in [2.75, 3.05) is 0 Å². The highest BCUT2D eigenvalue weighted by molar-refractivity contribution is 5.73. The monoisotopic (exact) mass is 131 g/mol. The smallest absolute Gasteiger partial charge is 0.0780 e. The van der Waals surface area contributed by atoms with Gasteiger partial charge in [-0.3, -0.25) is 4.99 Å². The first kappa shape index (κ1) is 5.66. The van der Waals surface area contributed by atoms with Crippen molar-refractivity contribution >= 4 is 6.21 Å². The zero-order valence-electron chi connectivity index (χ0n) is 5.64. The largest absolute Gasteiger partial charge is 0.285 e. The Labute approximate surface area is 60.5 Å². The molecule has 1 aliphatic heterocycles. The van der Waals surface area contributed by atoms with E-state index in [0.717, 1.165) is 0 Å². The molecule has 0 aromatic rings. The van der Waals surface area contributed by atoms with Crippen molar-refractivity contribution in [1.29, 1.82) is 0 Å². The van der Waals surface area contributed by atoms with Crippen LogP contribution in [0.3, 0.4) is 0 Å². The molecule has 2 rings (SSSR count). The molecule has 0 aromatic carbocycles. The van der Waals surface area contributed by atoms with Crippen LogP contribution in [0.1, 0.15) is 0 Å². The first-order chi connectivity index (χ1) is 4.97. The van der Waals surface area contributed by atoms with Crippen molar-refractivity contribution in [2.45, 2.75) is 6.04 Å². The van der Waals surface area contributed by atoms with E-state index < -0.39 is 0 Å². The van der Waals surface area contributed by atoms with Crippen LogP contribution in [0.25, 0.3) is 0 Å². The van der Waals surface area contributed by atoms with Gasteiger partial charge in [0.1, 0.15) is 0 Å². The molecule has 50 valence electrons. The fraction of sp³-hybridized carbons (Fsp3) is 0.222. The van der Waals surface area contributed by atoms with Gasteiger partial charge in [-0.05, 0) is 6.08 Å². The fourth-order valence-electron chi connectivity index (χ4n) is 1.27. The summed E-state index contributed by atoms with van der Waals surface area (Å²) < 4.78 is 0. The van der Waals surface area contributed by atoms with Crippen molar-refractivity contribution in [3.05, 3.63) is 36.5 Å². The van der Waals surface area contributed by atoms with Crippen LogP contribution in [0, 0.1) is 5.92 Å². The minimum Gasteiger partial charge on any atom is -0.285 e. The lowest BCUT2D eigenvalue weighted by atomic mass is 9.94. The Balaban J connectivity index is 2.28. The Morgan fingerprint density at radius 1 is 0.900 bits per heavy atom. The minimum atomic E-state index is 0.370. The maximum Gasteiger partial charge on any atom is 0.0780 e. The highest BCUT2D eigenvalue weighted by Crippen LogP contribution is 2.18. The molecular formula is C9H9N. The lowest BCUT2D eigenvalue weighted by molar-refractivity contribution is 0.683. The molecule has 0 radical (unpaired) electrons. The summed E-state index contributed by atoms with van der Waals surface area (Å²) in [5.74, 6) is 0.509. The second-order valence-electron chi connectivity index (χ2n) is 2.52. The second kappa shape index (κ2) is 2.25. The lowest BCUT2D eigenvalue weighted by Crippen LogP contribution is -2.16. The van der Waals surface area contributed by atoms with E-state index in [0.29, 0.717) is 12.0 Å². The molecule has 2 atom stereocenters. The highest BCUT2D eigenvalue weighted by atomic mass is 14.8. The van der Waals surface area contributed by atoms with E-state index in [1.165, 1.54) is 0 Å². The molecule has 0 N–H and O–H groups in total. The minimum absolute atomic E-state index is 0.370. The standard InChI is InChI=1S/C9H9N/c1-2-6-9-8(4-1)5-3-7-10-9/h1-9H/t8-,9-/m0/s1. The third-order valence-electron chi connectivity index (χ3n) is 1.82. The van der Waals surface area contributed by atoms with Crippen LogP contribution >= 0.6 is 0 Å². The Morgan fingerprint density at radius 2 is 1.70 bits per heavy atom. The summed E-state index contributed by atoms with van der Waals surface area (Å²) in [6, 6.07) is 0.370. The summed E-state index contributed by atoms with van der Waals surface area (Å²) in [4.78, 5) is 4.30. The van der Waals surface area contributed by atoms with Crippen molar-refractivity contribution in [1.82, 2.24) is 0 Å². The predicted octanol–water partition coefficient (Wildman–Crippen LogP) is 1.74. The third kappa shape index (κ3) is 0.838. The molecule has 0 fully saturated rings. The zero-order chi connectivity index (χ0) is 6.81. The maximum absolute atomic E-state index is 4.30. The van der Waals surface area contributed by atoms with Crippen LogP contribution in [0.15, 0.2) is 41.4 Å². The Hall–Kier alpha value is -1.11. The molecule has 10 heavy (non-hydrogen) atoms. The SMILES string of the molecule is C1=C[C@H]2C=CC=N[C@H]2C=C1. The summed E-state index contributed by atoms with van der Waals surface area (Å²) in [5, 5.41) is 0. The molecule has 0 spiro atoms. The number of allylic oxidation sites excluding steroid dienone is 3. The summed E-state index contributed by atoms with van der Waals surface area (Å²) in [6.45, 7) is 0. The summed E-state index contributed by atoms with van der Waals surface area (Å²) in [6.07, 6.45) is 14.5. The van der Waals surface area contributed by atoms with E-state index in [1.54, 1.807) is 0 Å². The van der Waals surface area contributed by atoms with Crippen molar-refractivity contribution in [3.63, 3.8) is 0 Å². The molecule has 0 unspecified atom stereocenters. The van der Waals surface area contributed by atoms with Crippen molar-refractivity contribution in [2.24, 2.45) is 10.9 Å². The molecule has 2 aliphatic rings. The maximum atomic E-state index is 4.30. The van der Waals surface area contributed by atoms with E-state index in [4.69, 9.17) is 0 Å². The van der Waals surface area contributed by atoms with E-state index in [2.05, 4.69) is 35.4 Å². The Kier molecular flexibility index (Phi) is 1.28. The summed E-state index contributed by atoms with van der Waals surface area (Å²) in [5.41, 5.74) is 0. The van der Waals surface area contributed by atoms with Crippen LogP contribution in [0.5, 0.6) is 0 Å². The first-order valence-corrected chi connectivity index (χ1v) is 3.52. The van der Waals surface area contributed by atoms with E-state index in [-0.39, 0.29) is 0 Å². The van der Waals surface area contributed by atoms with Crippen LogP contribution in [-0.4, -0.2) is 12.3 Å². The topological polar surface area (TPSA) is 12.4 Å². The van der Waals surface area contributed by atoms with Gasteiger partial charge in [0, 0.05) is 12.1 Å². The molecule has 0 saturated carbocycles. The third-order valence-corrected chi connectivity index (χ3v) is 1.82. The van der Waals surface area contributed by atoms with Crippen molar-refractivity contribution < 1.29 is 0 Å². The second-order valence-corrected chi connectivity index (χ2v) is 2.52. The van der Waals surface area contributed by atoms with Gasteiger partial charge in [-0.1, -0.05) is 30.4 Å². The van der Waals surface area contributed by atoms with Crippen molar-refractivity contribution in [3.8, 4) is 0 Å². The molecule has 0 saturated heterocycles. The number of rotatable bonds is 0. The molecule has 0 amide bonds. The summed E-state index contributed by atoms with van der Waals surface area (Å²) in [7, 11) is 0. The molecule has 1 heteroatoms. The molecule has 1 nitrogen and oxygen atoms in total. The van der Waals surface area contributed by atoms with Gasteiger partial charge in [0.05, 0.1) is 6.04 Å². The van der Waals surface area contributed by atoms with Gasteiger partial charge in [0.2, 0.25) is 0 Å². The first-order valence-electron chi connectivity index (χ1n) is 3.52. The lowest BCUT2D eigenvalue weighted by Gasteiger charge is -2.18. The van der Waals surface area contributed by atoms with Gasteiger partial charge in [0.25, 0.3) is 0 Å². The van der Waals surface area contributed by atoms with Crippen LogP contribution in [0.4, 0.5) is 0 Å². The van der Waals surface area contributed by atoms with Gasteiger partial charge in [-0.15, -0.1) is 0 Å². The van der Waals surface area contributed by atoms with Gasteiger partial charge in [0.15, 0.2) is 0 Å². The normalized spacial score (nSPS) is 34.4. The summed E-state index contributed by atoms with van der Waals surface area (Å²) >= 11 is 0. The highest BCUT2D eigenvalue weighted by Gasteiger charge is 2.14.